The molecule has 0 radical (unpaired) electrons. The lowest BCUT2D eigenvalue weighted by Crippen LogP contribution is -2.36. The van der Waals surface area contributed by atoms with Gasteiger partial charge >= 0.3 is 11.9 Å². The van der Waals surface area contributed by atoms with E-state index in [9.17, 15) is 14.4 Å². The van der Waals surface area contributed by atoms with Crippen molar-refractivity contribution >= 4 is 28.7 Å². The molecule has 7 nitrogen and oxygen atoms in total. The van der Waals surface area contributed by atoms with E-state index >= 15 is 0 Å². The van der Waals surface area contributed by atoms with Crippen molar-refractivity contribution < 1.29 is 23.9 Å². The highest BCUT2D eigenvalue weighted by Gasteiger charge is 2.23. The van der Waals surface area contributed by atoms with Gasteiger partial charge in [0.25, 0.3) is 0 Å². The van der Waals surface area contributed by atoms with E-state index in [4.69, 9.17) is 9.47 Å². The number of carbonyl (C=O) groups is 3. The van der Waals surface area contributed by atoms with Crippen molar-refractivity contribution in [3.63, 3.8) is 0 Å². The largest absolute Gasteiger partial charge is 0.462 e. The number of fused-ring (bicyclic) bond motifs is 1. The molecule has 1 aromatic heterocycles. The highest BCUT2D eigenvalue weighted by molar-refractivity contribution is 5.98. The zero-order valence-electron chi connectivity index (χ0n) is 16.9. The van der Waals surface area contributed by atoms with Gasteiger partial charge in [0.2, 0.25) is 5.91 Å². The fraction of sp³-hybridized carbons (Fsp3) is 0.455. The van der Waals surface area contributed by atoms with Gasteiger partial charge in [-0.25, -0.2) is 9.78 Å². The van der Waals surface area contributed by atoms with E-state index < -0.39 is 11.9 Å². The first kappa shape index (κ1) is 20.8. The number of esters is 2. The highest BCUT2D eigenvalue weighted by Crippen LogP contribution is 2.24. The Kier molecular flexibility index (Phi) is 6.80. The van der Waals surface area contributed by atoms with Crippen molar-refractivity contribution in [1.29, 1.82) is 0 Å². The molecule has 1 aromatic carbocycles. The molecule has 0 unspecified atom stereocenters. The molecule has 154 valence electrons. The van der Waals surface area contributed by atoms with Crippen LogP contribution in [0.4, 0.5) is 0 Å². The number of benzene rings is 1. The van der Waals surface area contributed by atoms with E-state index in [0.717, 1.165) is 30.2 Å². The zero-order valence-corrected chi connectivity index (χ0v) is 16.9. The first-order chi connectivity index (χ1) is 14.0. The van der Waals surface area contributed by atoms with Crippen LogP contribution in [-0.4, -0.2) is 47.4 Å². The molecule has 1 amide bonds. The average Bonchev–Trinajstić information content (AvgIpc) is 2.91. The third kappa shape index (κ3) is 4.91. The van der Waals surface area contributed by atoms with Crippen LogP contribution in [0.1, 0.15) is 54.2 Å². The summed E-state index contributed by atoms with van der Waals surface area (Å²) in [7, 11) is 0. The Hall–Kier alpha value is -2.96. The molecule has 2 heterocycles. The number of likely N-dealkylation sites (tertiary alicyclic amines) is 1. The molecule has 2 aromatic rings. The Balaban J connectivity index is 1.79. The minimum absolute atomic E-state index is 0.0219. The summed E-state index contributed by atoms with van der Waals surface area (Å²) in [4.78, 5) is 43.0. The first-order valence-corrected chi connectivity index (χ1v) is 10.00. The lowest BCUT2D eigenvalue weighted by molar-refractivity contribution is -0.150. The first-order valence-electron chi connectivity index (χ1n) is 10.00. The number of aryl methyl sites for hydroxylation is 1. The molecule has 0 bridgehead atoms. The number of carbonyl (C=O) groups excluding carboxylic acids is 3. The highest BCUT2D eigenvalue weighted by atomic mass is 16.5. The number of amides is 1. The van der Waals surface area contributed by atoms with Gasteiger partial charge < -0.3 is 14.4 Å². The topological polar surface area (TPSA) is 85.8 Å². The van der Waals surface area contributed by atoms with Crippen LogP contribution in [0.15, 0.2) is 24.3 Å². The number of pyridine rings is 1. The predicted molar refractivity (Wildman–Crippen MR) is 107 cm³/mol. The van der Waals surface area contributed by atoms with Crippen LogP contribution in [-0.2, 0) is 25.7 Å². The number of hydrogen-bond donors (Lipinski definition) is 0. The van der Waals surface area contributed by atoms with Gasteiger partial charge in [0, 0.05) is 18.4 Å². The smallest absolute Gasteiger partial charge is 0.340 e. The molecule has 7 heteroatoms. The van der Waals surface area contributed by atoms with Crippen molar-refractivity contribution in [2.75, 3.05) is 19.7 Å². The predicted octanol–water partition coefficient (Wildman–Crippen LogP) is 3.17. The summed E-state index contributed by atoms with van der Waals surface area (Å²) in [5.74, 6) is -1.02. The van der Waals surface area contributed by atoms with E-state index in [1.54, 1.807) is 11.8 Å². The summed E-state index contributed by atoms with van der Waals surface area (Å²) in [6.07, 6.45) is 3.19. The molecule has 1 aliphatic heterocycles. The number of ether oxygens (including phenoxy) is 2. The maximum absolute atomic E-state index is 12.5. The van der Waals surface area contributed by atoms with Crippen LogP contribution in [0.5, 0.6) is 0 Å². The van der Waals surface area contributed by atoms with Crippen molar-refractivity contribution in [3.8, 4) is 0 Å². The Labute approximate surface area is 170 Å². The summed E-state index contributed by atoms with van der Waals surface area (Å²) >= 11 is 0. The van der Waals surface area contributed by atoms with Gasteiger partial charge in [-0.2, -0.15) is 0 Å². The van der Waals surface area contributed by atoms with Crippen LogP contribution >= 0.6 is 0 Å². The van der Waals surface area contributed by atoms with Crippen molar-refractivity contribution in [2.24, 2.45) is 0 Å². The summed E-state index contributed by atoms with van der Waals surface area (Å²) < 4.78 is 10.6. The number of rotatable bonds is 6. The fourth-order valence-electron chi connectivity index (χ4n) is 3.58. The monoisotopic (exact) mass is 398 g/mol. The normalized spacial score (nSPS) is 14.6. The van der Waals surface area contributed by atoms with Gasteiger partial charge in [-0.15, -0.1) is 0 Å². The molecule has 1 saturated heterocycles. The summed E-state index contributed by atoms with van der Waals surface area (Å²) in [5, 5.41) is 0.848. The van der Waals surface area contributed by atoms with Crippen molar-refractivity contribution in [1.82, 2.24) is 9.88 Å². The van der Waals surface area contributed by atoms with Crippen LogP contribution in [0, 0.1) is 6.92 Å². The molecule has 29 heavy (non-hydrogen) atoms. The minimum atomic E-state index is -0.511. The molecular weight excluding hydrogens is 372 g/mol. The standard InChI is InChI=1S/C22H26N2O5/c1-3-28-22(27)21-15(2)16-9-6-7-10-17(16)23-18(21)14-29-20(26)13-24-12-8-4-5-11-19(24)25/h6-7,9-10H,3-5,8,11-14H2,1-2H3. The third-order valence-corrected chi connectivity index (χ3v) is 5.07. The Morgan fingerprint density at radius 2 is 1.93 bits per heavy atom. The fourth-order valence-corrected chi connectivity index (χ4v) is 3.58. The Morgan fingerprint density at radius 3 is 2.72 bits per heavy atom. The van der Waals surface area contributed by atoms with E-state index in [-0.39, 0.29) is 25.7 Å². The molecule has 1 aliphatic rings. The van der Waals surface area contributed by atoms with Crippen LogP contribution in [0.25, 0.3) is 10.9 Å². The quantitative estimate of drug-likeness (QED) is 0.695. The van der Waals surface area contributed by atoms with Crippen molar-refractivity contribution in [3.05, 3.63) is 41.1 Å². The third-order valence-electron chi connectivity index (χ3n) is 5.07. The van der Waals surface area contributed by atoms with Gasteiger partial charge in [-0.3, -0.25) is 9.59 Å². The van der Waals surface area contributed by atoms with E-state index in [1.807, 2.05) is 31.2 Å². The number of aromatic nitrogens is 1. The van der Waals surface area contributed by atoms with E-state index in [1.165, 1.54) is 0 Å². The zero-order chi connectivity index (χ0) is 20.8. The van der Waals surface area contributed by atoms with Gasteiger partial charge in [-0.1, -0.05) is 24.6 Å². The van der Waals surface area contributed by atoms with Gasteiger partial charge in [0.05, 0.1) is 23.4 Å². The molecule has 0 saturated carbocycles. The molecular formula is C22H26N2O5. The Bertz CT molecular complexity index is 925. The van der Waals surface area contributed by atoms with Gasteiger partial charge in [0.15, 0.2) is 0 Å². The summed E-state index contributed by atoms with van der Waals surface area (Å²) in [5.41, 5.74) is 2.13. The van der Waals surface area contributed by atoms with Gasteiger partial charge in [0.1, 0.15) is 13.2 Å². The number of para-hydroxylation sites is 1. The average molecular weight is 398 g/mol. The molecule has 0 spiro atoms. The van der Waals surface area contributed by atoms with Crippen molar-refractivity contribution in [2.45, 2.75) is 46.1 Å². The van der Waals surface area contributed by atoms with Crippen LogP contribution in [0.2, 0.25) is 0 Å². The lowest BCUT2D eigenvalue weighted by atomic mass is 10.0. The number of nitrogens with zero attached hydrogens (tertiary/aromatic N) is 2. The second kappa shape index (κ2) is 9.49. The second-order valence-electron chi connectivity index (χ2n) is 7.08. The van der Waals surface area contributed by atoms with Crippen LogP contribution in [0.3, 0.4) is 0 Å². The van der Waals surface area contributed by atoms with E-state index in [2.05, 4.69) is 4.98 Å². The molecule has 3 rings (SSSR count). The summed E-state index contributed by atoms with van der Waals surface area (Å²) in [6.45, 7) is 4.13. The van der Waals surface area contributed by atoms with E-state index in [0.29, 0.717) is 29.7 Å². The molecule has 0 aliphatic carbocycles. The SMILES string of the molecule is CCOC(=O)c1c(COC(=O)CN2CCCCCC2=O)nc2ccccc2c1C. The second-order valence-corrected chi connectivity index (χ2v) is 7.08. The van der Waals surface area contributed by atoms with Gasteiger partial charge in [-0.05, 0) is 38.3 Å². The summed E-state index contributed by atoms with van der Waals surface area (Å²) in [6, 6.07) is 7.48. The lowest BCUT2D eigenvalue weighted by Gasteiger charge is -2.19. The maximum Gasteiger partial charge on any atom is 0.340 e. The maximum atomic E-state index is 12.5. The number of hydrogen-bond acceptors (Lipinski definition) is 6. The molecule has 0 N–H and O–H groups in total. The molecule has 0 atom stereocenters. The van der Waals surface area contributed by atoms with Crippen LogP contribution < -0.4 is 0 Å². The Morgan fingerprint density at radius 1 is 1.14 bits per heavy atom. The molecule has 1 fully saturated rings. The minimum Gasteiger partial charge on any atom is -0.462 e.